The third kappa shape index (κ3) is 4.93. The molecule has 7 heteroatoms. The number of ether oxygens (including phenoxy) is 1. The van der Waals surface area contributed by atoms with Crippen LogP contribution in [0.2, 0.25) is 0 Å². The van der Waals surface area contributed by atoms with Crippen LogP contribution in [0.3, 0.4) is 0 Å². The molecule has 2 amide bonds. The Hall–Kier alpha value is -3.45. The second-order valence-corrected chi connectivity index (χ2v) is 9.34. The monoisotopic (exact) mass is 490 g/mol. The third-order valence-corrected chi connectivity index (χ3v) is 7.35. The van der Waals surface area contributed by atoms with E-state index in [-0.39, 0.29) is 30.9 Å². The maximum absolute atomic E-state index is 14.1. The van der Waals surface area contributed by atoms with Crippen LogP contribution >= 0.6 is 0 Å². The predicted molar refractivity (Wildman–Crippen MR) is 135 cm³/mol. The predicted octanol–water partition coefficient (Wildman–Crippen LogP) is 3.25. The van der Waals surface area contributed by atoms with Crippen molar-refractivity contribution in [3.63, 3.8) is 0 Å². The van der Waals surface area contributed by atoms with Gasteiger partial charge in [0.15, 0.2) is 0 Å². The number of rotatable bonds is 9. The zero-order valence-corrected chi connectivity index (χ0v) is 20.7. The summed E-state index contributed by atoms with van der Waals surface area (Å²) >= 11 is 0. The fourth-order valence-electron chi connectivity index (χ4n) is 5.65. The van der Waals surface area contributed by atoms with Crippen molar-refractivity contribution in [1.82, 2.24) is 10.2 Å². The van der Waals surface area contributed by atoms with Crippen LogP contribution in [0.1, 0.15) is 37.4 Å². The molecule has 0 aromatic heterocycles. The first-order chi connectivity index (χ1) is 17.5. The van der Waals surface area contributed by atoms with Crippen molar-refractivity contribution in [1.29, 1.82) is 0 Å². The maximum atomic E-state index is 14.1. The summed E-state index contributed by atoms with van der Waals surface area (Å²) in [7, 11) is 0. The molecule has 2 aromatic rings. The minimum Gasteiger partial charge on any atom is -0.466 e. The highest BCUT2D eigenvalue weighted by Gasteiger charge is 2.58. The van der Waals surface area contributed by atoms with Crippen molar-refractivity contribution in [2.24, 2.45) is 23.7 Å². The number of likely N-dealkylation sites (tertiary alicyclic amines) is 1. The van der Waals surface area contributed by atoms with Gasteiger partial charge < -0.3 is 20.1 Å². The van der Waals surface area contributed by atoms with E-state index in [1.165, 1.54) is 4.90 Å². The first kappa shape index (κ1) is 25.6. The third-order valence-electron chi connectivity index (χ3n) is 7.35. The molecular formula is C29H34N2O5. The van der Waals surface area contributed by atoms with Gasteiger partial charge in [-0.25, -0.2) is 0 Å². The summed E-state index contributed by atoms with van der Waals surface area (Å²) in [5, 5.41) is 13.4. The molecule has 2 aliphatic rings. The van der Waals surface area contributed by atoms with Gasteiger partial charge in [0, 0.05) is 12.5 Å². The van der Waals surface area contributed by atoms with Gasteiger partial charge in [-0.15, -0.1) is 0 Å². The largest absolute Gasteiger partial charge is 0.466 e. The molecule has 2 N–H and O–H groups in total. The number of nitrogens with one attached hydrogen (secondary N) is 1. The van der Waals surface area contributed by atoms with Crippen LogP contribution in [0.5, 0.6) is 0 Å². The molecule has 0 bridgehead atoms. The normalized spacial score (nSPS) is 25.8. The van der Waals surface area contributed by atoms with Gasteiger partial charge in [0.05, 0.1) is 31.1 Å². The van der Waals surface area contributed by atoms with Crippen LogP contribution in [0.4, 0.5) is 0 Å². The quantitative estimate of drug-likeness (QED) is 0.416. The lowest BCUT2D eigenvalue weighted by Crippen LogP contribution is -2.49. The number of aliphatic hydroxyl groups is 1. The van der Waals surface area contributed by atoms with Crippen molar-refractivity contribution in [2.75, 3.05) is 13.2 Å². The number of nitrogens with zero attached hydrogens (tertiary/aromatic N) is 1. The van der Waals surface area contributed by atoms with E-state index in [0.717, 1.165) is 11.1 Å². The molecule has 36 heavy (non-hydrogen) atoms. The summed E-state index contributed by atoms with van der Waals surface area (Å²) in [6.07, 6.45) is 4.54. The average Bonchev–Trinajstić information content (AvgIpc) is 3.20. The van der Waals surface area contributed by atoms with E-state index in [1.807, 2.05) is 79.7 Å². The van der Waals surface area contributed by atoms with Crippen LogP contribution in [0.15, 0.2) is 72.8 Å². The minimum absolute atomic E-state index is 0.161. The molecule has 7 nitrogen and oxygen atoms in total. The fourth-order valence-corrected chi connectivity index (χ4v) is 5.65. The lowest BCUT2D eigenvalue weighted by Gasteiger charge is -2.34. The highest BCUT2D eigenvalue weighted by molar-refractivity contribution is 5.96. The smallest absolute Gasteiger partial charge is 0.310 e. The van der Waals surface area contributed by atoms with E-state index in [0.29, 0.717) is 13.0 Å². The van der Waals surface area contributed by atoms with Crippen LogP contribution in [0, 0.1) is 23.7 Å². The fraction of sp³-hybridized carbons (Fsp3) is 0.414. The Balaban J connectivity index is 1.73. The van der Waals surface area contributed by atoms with Crippen LogP contribution in [-0.4, -0.2) is 47.0 Å². The number of hydrogen-bond acceptors (Lipinski definition) is 5. The van der Waals surface area contributed by atoms with Crippen molar-refractivity contribution in [3.05, 3.63) is 83.9 Å². The molecule has 0 radical (unpaired) electrons. The topological polar surface area (TPSA) is 95.9 Å². The number of amides is 2. The Labute approximate surface area is 212 Å². The summed E-state index contributed by atoms with van der Waals surface area (Å²) in [5.41, 5.74) is 1.67. The van der Waals surface area contributed by atoms with Crippen molar-refractivity contribution >= 4 is 17.8 Å². The van der Waals surface area contributed by atoms with Gasteiger partial charge >= 0.3 is 5.97 Å². The second kappa shape index (κ2) is 11.5. The molecule has 0 spiro atoms. The number of carbonyl (C=O) groups is 3. The Morgan fingerprint density at radius 1 is 1.03 bits per heavy atom. The van der Waals surface area contributed by atoms with E-state index in [4.69, 9.17) is 4.74 Å². The second-order valence-electron chi connectivity index (χ2n) is 9.34. The van der Waals surface area contributed by atoms with Gasteiger partial charge in [-0.3, -0.25) is 14.4 Å². The van der Waals surface area contributed by atoms with Gasteiger partial charge in [0.1, 0.15) is 6.04 Å². The van der Waals surface area contributed by atoms with E-state index in [2.05, 4.69) is 5.32 Å². The van der Waals surface area contributed by atoms with Gasteiger partial charge in [0.2, 0.25) is 11.8 Å². The molecule has 190 valence electrons. The molecule has 2 aromatic carbocycles. The Morgan fingerprint density at radius 3 is 2.31 bits per heavy atom. The molecule has 1 aliphatic carbocycles. The Kier molecular flexibility index (Phi) is 8.21. The summed E-state index contributed by atoms with van der Waals surface area (Å²) < 4.78 is 5.38. The maximum Gasteiger partial charge on any atom is 0.310 e. The highest BCUT2D eigenvalue weighted by Crippen LogP contribution is 2.47. The van der Waals surface area contributed by atoms with Crippen molar-refractivity contribution < 1.29 is 24.2 Å². The van der Waals surface area contributed by atoms with Crippen LogP contribution in [0.25, 0.3) is 0 Å². The van der Waals surface area contributed by atoms with Gasteiger partial charge in [-0.05, 0) is 30.4 Å². The minimum atomic E-state index is -0.866. The van der Waals surface area contributed by atoms with Gasteiger partial charge in [-0.2, -0.15) is 0 Å². The van der Waals surface area contributed by atoms with E-state index in [9.17, 15) is 19.5 Å². The van der Waals surface area contributed by atoms with E-state index >= 15 is 0 Å². The lowest BCUT2D eigenvalue weighted by molar-refractivity contribution is -0.156. The van der Waals surface area contributed by atoms with Crippen LogP contribution in [-0.2, 0) is 25.7 Å². The number of hydrogen-bond donors (Lipinski definition) is 2. The van der Waals surface area contributed by atoms with Gasteiger partial charge in [-0.1, -0.05) is 79.7 Å². The molecular weight excluding hydrogens is 456 g/mol. The van der Waals surface area contributed by atoms with E-state index < -0.39 is 35.8 Å². The summed E-state index contributed by atoms with van der Waals surface area (Å²) in [5.74, 6) is -3.11. The standard InChI is InChI=1S/C29H34N2O5/c1-3-20-15-16-22-25(24(20)29(35)36-4-2)28(34)31(23(18-32)21-13-9-6-10-14-21)26(22)27(33)30-17-19-11-7-5-8-12-19/h5-16,20,22-26,32H,3-4,17-18H2,1-2H3,(H,30,33)/t20-,22+,23-,24-,25+,26+/m1/s1. The van der Waals surface area contributed by atoms with Crippen LogP contribution < -0.4 is 5.32 Å². The molecule has 4 rings (SSSR count). The average molecular weight is 491 g/mol. The highest BCUT2D eigenvalue weighted by atomic mass is 16.5. The SMILES string of the molecule is CCOC(=O)[C@H]1[C@H]2C(=O)N([C@H](CO)c3ccccc3)[C@H](C(=O)NCc3ccccc3)[C@H]2C=C[C@H]1CC. The molecule has 1 fully saturated rings. The molecule has 1 aliphatic heterocycles. The number of esters is 1. The number of carbonyl (C=O) groups excluding carboxylic acids is 3. The number of aliphatic hydroxyl groups excluding tert-OH is 1. The zero-order valence-electron chi connectivity index (χ0n) is 20.7. The molecule has 0 saturated carbocycles. The molecule has 0 unspecified atom stereocenters. The van der Waals surface area contributed by atoms with Crippen molar-refractivity contribution in [3.8, 4) is 0 Å². The summed E-state index contributed by atoms with van der Waals surface area (Å²) in [6.45, 7) is 3.91. The molecule has 6 atom stereocenters. The summed E-state index contributed by atoms with van der Waals surface area (Å²) in [4.78, 5) is 42.4. The first-order valence-electron chi connectivity index (χ1n) is 12.7. The number of allylic oxidation sites excluding steroid dienone is 1. The lowest BCUT2D eigenvalue weighted by atomic mass is 9.69. The van der Waals surface area contributed by atoms with Gasteiger partial charge in [0.25, 0.3) is 0 Å². The zero-order chi connectivity index (χ0) is 25.7. The summed E-state index contributed by atoms with van der Waals surface area (Å²) in [6, 6.07) is 17.2. The Morgan fingerprint density at radius 2 is 1.69 bits per heavy atom. The molecule has 1 saturated heterocycles. The number of benzene rings is 2. The number of fused-ring (bicyclic) bond motifs is 1. The van der Waals surface area contributed by atoms with Crippen molar-refractivity contribution in [2.45, 2.75) is 38.9 Å². The molecule has 1 heterocycles. The van der Waals surface area contributed by atoms with E-state index in [1.54, 1.807) is 6.92 Å². The first-order valence-corrected chi connectivity index (χ1v) is 12.7. The Bertz CT molecular complexity index is 1090.